The van der Waals surface area contributed by atoms with Crippen molar-refractivity contribution >= 4 is 32.7 Å². The first-order valence-electron chi connectivity index (χ1n) is 12.1. The van der Waals surface area contributed by atoms with Gasteiger partial charge in [0, 0.05) is 28.5 Å². The molecular formula is C28H28N4O4S2. The fourth-order valence-electron chi connectivity index (χ4n) is 4.21. The van der Waals surface area contributed by atoms with Gasteiger partial charge >= 0.3 is 0 Å². The van der Waals surface area contributed by atoms with Crippen LogP contribution in [0, 0.1) is 0 Å². The monoisotopic (exact) mass is 548 g/mol. The van der Waals surface area contributed by atoms with Crippen LogP contribution in [0.3, 0.4) is 0 Å². The number of fused-ring (bicyclic) bond motifs is 1. The SMILES string of the molecule is CCC(C)Sc1nnc(-c2cn(S(=O)(=O)c3ccccc3)c3ccccc23)n1-c1cc(OC)ccc1OC. The maximum Gasteiger partial charge on any atom is 0.268 e. The molecule has 196 valence electrons. The third-order valence-electron chi connectivity index (χ3n) is 6.36. The van der Waals surface area contributed by atoms with Crippen LogP contribution in [-0.4, -0.2) is 46.6 Å². The standard InChI is InChI=1S/C28H28N4O4S2/c1-5-19(2)37-28-30-29-27(32(28)25-17-20(35-3)15-16-26(25)36-4)23-18-31(24-14-10-9-13-22(23)24)38(33,34)21-11-7-6-8-12-21/h6-19H,5H2,1-4H3. The molecule has 38 heavy (non-hydrogen) atoms. The highest BCUT2D eigenvalue weighted by atomic mass is 32.2. The summed E-state index contributed by atoms with van der Waals surface area (Å²) < 4.78 is 41.8. The van der Waals surface area contributed by atoms with Crippen LogP contribution < -0.4 is 9.47 Å². The van der Waals surface area contributed by atoms with Gasteiger partial charge in [-0.05, 0) is 36.8 Å². The summed E-state index contributed by atoms with van der Waals surface area (Å²) in [5.41, 5.74) is 1.88. The van der Waals surface area contributed by atoms with E-state index in [1.165, 1.54) is 3.97 Å². The minimum absolute atomic E-state index is 0.205. The summed E-state index contributed by atoms with van der Waals surface area (Å²) >= 11 is 1.60. The molecular weight excluding hydrogens is 520 g/mol. The van der Waals surface area contributed by atoms with E-state index in [4.69, 9.17) is 9.47 Å². The number of rotatable bonds is 9. The van der Waals surface area contributed by atoms with Crippen LogP contribution in [0.2, 0.25) is 0 Å². The highest BCUT2D eigenvalue weighted by Gasteiger charge is 2.27. The lowest BCUT2D eigenvalue weighted by Gasteiger charge is -2.16. The molecule has 5 aromatic rings. The third kappa shape index (κ3) is 4.54. The average molecular weight is 549 g/mol. The largest absolute Gasteiger partial charge is 0.497 e. The predicted octanol–water partition coefficient (Wildman–Crippen LogP) is 6.03. The molecule has 3 aromatic carbocycles. The van der Waals surface area contributed by atoms with Crippen LogP contribution >= 0.6 is 11.8 Å². The van der Waals surface area contributed by atoms with Gasteiger partial charge in [0.05, 0.1) is 30.3 Å². The molecule has 2 heterocycles. The number of methoxy groups -OCH3 is 2. The van der Waals surface area contributed by atoms with E-state index in [2.05, 4.69) is 24.0 Å². The van der Waals surface area contributed by atoms with Gasteiger partial charge in [-0.25, -0.2) is 12.4 Å². The van der Waals surface area contributed by atoms with Crippen LogP contribution in [0.15, 0.2) is 89.0 Å². The second kappa shape index (κ2) is 10.5. The molecule has 5 rings (SSSR count). The number of thioether (sulfide) groups is 1. The average Bonchev–Trinajstić information content (AvgIpc) is 3.54. The van der Waals surface area contributed by atoms with Gasteiger partial charge in [0.15, 0.2) is 11.0 Å². The Morgan fingerprint density at radius 1 is 0.947 bits per heavy atom. The van der Waals surface area contributed by atoms with Crippen molar-refractivity contribution in [3.8, 4) is 28.6 Å². The Balaban J connectivity index is 1.80. The topological polar surface area (TPSA) is 88.2 Å². The highest BCUT2D eigenvalue weighted by Crippen LogP contribution is 2.39. The lowest BCUT2D eigenvalue weighted by Crippen LogP contribution is -2.11. The molecule has 0 saturated carbocycles. The van der Waals surface area contributed by atoms with Crippen molar-refractivity contribution in [3.63, 3.8) is 0 Å². The number of hydrogen-bond acceptors (Lipinski definition) is 7. The van der Waals surface area contributed by atoms with Crippen molar-refractivity contribution in [1.82, 2.24) is 18.7 Å². The van der Waals surface area contributed by atoms with E-state index >= 15 is 0 Å². The molecule has 1 unspecified atom stereocenters. The maximum absolute atomic E-state index is 13.7. The Morgan fingerprint density at radius 3 is 2.39 bits per heavy atom. The Kier molecular flexibility index (Phi) is 7.18. The molecule has 2 aromatic heterocycles. The summed E-state index contributed by atoms with van der Waals surface area (Å²) in [5, 5.41) is 10.8. The molecule has 0 N–H and O–H groups in total. The number of hydrogen-bond donors (Lipinski definition) is 0. The number of benzene rings is 3. The smallest absolute Gasteiger partial charge is 0.268 e. The fraction of sp³-hybridized carbons (Fsp3) is 0.214. The molecule has 0 aliphatic heterocycles. The summed E-state index contributed by atoms with van der Waals surface area (Å²) in [7, 11) is -0.648. The Hall–Kier alpha value is -3.76. The van der Waals surface area contributed by atoms with E-state index in [0.717, 1.165) is 11.8 Å². The minimum atomic E-state index is -3.86. The third-order valence-corrected chi connectivity index (χ3v) is 9.26. The zero-order valence-corrected chi connectivity index (χ0v) is 23.2. The summed E-state index contributed by atoms with van der Waals surface area (Å²) in [5.74, 6) is 1.76. The van der Waals surface area contributed by atoms with Gasteiger partial charge in [0.25, 0.3) is 10.0 Å². The normalized spacial score (nSPS) is 12.5. The molecule has 0 radical (unpaired) electrons. The van der Waals surface area contributed by atoms with Crippen LogP contribution in [0.25, 0.3) is 28.0 Å². The summed E-state index contributed by atoms with van der Waals surface area (Å²) in [6.07, 6.45) is 2.56. The number of nitrogens with zero attached hydrogens (tertiary/aromatic N) is 4. The Morgan fingerprint density at radius 2 is 1.68 bits per heavy atom. The minimum Gasteiger partial charge on any atom is -0.497 e. The number of ether oxygens (including phenoxy) is 2. The molecule has 10 heteroatoms. The molecule has 1 atom stereocenters. The summed E-state index contributed by atoms with van der Waals surface area (Å²) in [6.45, 7) is 4.25. The number of aromatic nitrogens is 4. The second-order valence-electron chi connectivity index (χ2n) is 8.69. The lowest BCUT2D eigenvalue weighted by atomic mass is 10.1. The van der Waals surface area contributed by atoms with Crippen LogP contribution in [0.4, 0.5) is 0 Å². The van der Waals surface area contributed by atoms with Gasteiger partial charge in [-0.2, -0.15) is 0 Å². The van der Waals surface area contributed by atoms with Gasteiger partial charge in [0.2, 0.25) is 0 Å². The summed E-state index contributed by atoms with van der Waals surface area (Å²) in [4.78, 5) is 0.205. The fourth-order valence-corrected chi connectivity index (χ4v) is 6.50. The molecule has 0 bridgehead atoms. The van der Waals surface area contributed by atoms with E-state index in [1.807, 2.05) is 41.0 Å². The van der Waals surface area contributed by atoms with E-state index in [9.17, 15) is 8.42 Å². The van der Waals surface area contributed by atoms with Crippen LogP contribution in [0.1, 0.15) is 20.3 Å². The van der Waals surface area contributed by atoms with Crippen molar-refractivity contribution in [2.75, 3.05) is 14.2 Å². The second-order valence-corrected chi connectivity index (χ2v) is 11.9. The van der Waals surface area contributed by atoms with Crippen molar-refractivity contribution in [2.45, 2.75) is 35.6 Å². The lowest BCUT2D eigenvalue weighted by molar-refractivity contribution is 0.401. The van der Waals surface area contributed by atoms with Crippen molar-refractivity contribution in [1.29, 1.82) is 0 Å². The zero-order valence-electron chi connectivity index (χ0n) is 21.5. The van der Waals surface area contributed by atoms with Crippen molar-refractivity contribution < 1.29 is 17.9 Å². The summed E-state index contributed by atoms with van der Waals surface area (Å²) in [6, 6.07) is 21.3. The van der Waals surface area contributed by atoms with E-state index < -0.39 is 10.0 Å². The Bertz CT molecular complexity index is 1690. The van der Waals surface area contributed by atoms with E-state index in [-0.39, 0.29) is 10.1 Å². The first kappa shape index (κ1) is 25.9. The van der Waals surface area contributed by atoms with Gasteiger partial charge in [0.1, 0.15) is 11.5 Å². The van der Waals surface area contributed by atoms with Crippen LogP contribution in [0.5, 0.6) is 11.5 Å². The molecule has 0 aliphatic rings. The Labute approximate surface area is 226 Å². The van der Waals surface area contributed by atoms with E-state index in [0.29, 0.717) is 39.2 Å². The first-order chi connectivity index (χ1) is 18.4. The molecule has 0 aliphatic carbocycles. The van der Waals surface area contributed by atoms with Gasteiger partial charge in [-0.1, -0.05) is 62.0 Å². The molecule has 0 spiro atoms. The molecule has 8 nitrogen and oxygen atoms in total. The zero-order chi connectivity index (χ0) is 26.9. The highest BCUT2D eigenvalue weighted by molar-refractivity contribution is 7.99. The molecule has 0 fully saturated rings. The van der Waals surface area contributed by atoms with E-state index in [1.54, 1.807) is 68.6 Å². The molecule has 0 amide bonds. The van der Waals surface area contributed by atoms with Gasteiger partial charge in [-0.3, -0.25) is 4.57 Å². The molecule has 0 saturated heterocycles. The number of para-hydroxylation sites is 1. The van der Waals surface area contributed by atoms with Gasteiger partial charge in [-0.15, -0.1) is 10.2 Å². The van der Waals surface area contributed by atoms with Crippen molar-refractivity contribution in [2.24, 2.45) is 0 Å². The maximum atomic E-state index is 13.7. The predicted molar refractivity (Wildman–Crippen MR) is 150 cm³/mol. The first-order valence-corrected chi connectivity index (χ1v) is 14.5. The quantitative estimate of drug-likeness (QED) is 0.208. The van der Waals surface area contributed by atoms with Crippen LogP contribution in [-0.2, 0) is 10.0 Å². The van der Waals surface area contributed by atoms with Gasteiger partial charge < -0.3 is 9.47 Å². The van der Waals surface area contributed by atoms with Crippen molar-refractivity contribution in [3.05, 3.63) is 79.0 Å².